The molecule has 0 radical (unpaired) electrons. The van der Waals surface area contributed by atoms with Gasteiger partial charge in [0.05, 0.1) is 24.4 Å². The quantitative estimate of drug-likeness (QED) is 0.231. The van der Waals surface area contributed by atoms with Gasteiger partial charge in [0.25, 0.3) is 0 Å². The topological polar surface area (TPSA) is 137 Å². The molecule has 2 fully saturated rings. The highest BCUT2D eigenvalue weighted by Gasteiger charge is 2.25. The molecule has 12 heteroatoms. The first-order valence-electron chi connectivity index (χ1n) is 14.2. The van der Waals surface area contributed by atoms with Gasteiger partial charge in [0.1, 0.15) is 5.52 Å². The minimum absolute atomic E-state index is 0.217. The van der Waals surface area contributed by atoms with Crippen molar-refractivity contribution >= 4 is 44.3 Å². The molecule has 216 valence electrons. The van der Waals surface area contributed by atoms with Gasteiger partial charge in [-0.1, -0.05) is 18.2 Å². The summed E-state index contributed by atoms with van der Waals surface area (Å²) in [5.41, 5.74) is 4.61. The van der Waals surface area contributed by atoms with Gasteiger partial charge < -0.3 is 25.3 Å². The van der Waals surface area contributed by atoms with Crippen molar-refractivity contribution in [3.8, 4) is 0 Å². The van der Waals surface area contributed by atoms with E-state index in [1.54, 1.807) is 30.6 Å². The van der Waals surface area contributed by atoms with Gasteiger partial charge in [-0.05, 0) is 74.4 Å². The van der Waals surface area contributed by atoms with Crippen LogP contribution in [0.25, 0.3) is 11.2 Å². The normalized spacial score (nSPS) is 19.8. The number of rotatable bonds is 9. The lowest BCUT2D eigenvalue weighted by molar-refractivity contribution is 0.122. The number of aromatic nitrogens is 4. The summed E-state index contributed by atoms with van der Waals surface area (Å²) in [7, 11) is -3.49. The summed E-state index contributed by atoms with van der Waals surface area (Å²) in [4.78, 5) is 19.7. The van der Waals surface area contributed by atoms with Crippen molar-refractivity contribution < 1.29 is 13.2 Å². The molecule has 6 rings (SSSR count). The molecule has 1 saturated carbocycles. The van der Waals surface area contributed by atoms with Crippen LogP contribution in [0, 0.1) is 12.8 Å². The van der Waals surface area contributed by atoms with Gasteiger partial charge in [-0.25, -0.2) is 18.1 Å². The van der Waals surface area contributed by atoms with Crippen LogP contribution in [-0.4, -0.2) is 67.2 Å². The molecule has 2 aromatic heterocycles. The van der Waals surface area contributed by atoms with E-state index in [1.165, 1.54) is 5.69 Å². The van der Waals surface area contributed by atoms with Gasteiger partial charge in [0, 0.05) is 37.1 Å². The summed E-state index contributed by atoms with van der Waals surface area (Å²) in [6.45, 7) is 5.82. The van der Waals surface area contributed by atoms with E-state index in [0.29, 0.717) is 40.3 Å². The SMILES string of the molecule is Cc1cc(N2CCOCC2)ccc1Nc1nc(N[C@H]2CC[C@H](CNS(=O)(=O)c3ccccc3)CC2)c2nc[nH]c2n1. The zero-order chi connectivity index (χ0) is 28.2. The predicted octanol–water partition coefficient (Wildman–Crippen LogP) is 4.19. The maximum Gasteiger partial charge on any atom is 0.240 e. The molecule has 1 saturated heterocycles. The van der Waals surface area contributed by atoms with Crippen LogP contribution < -0.4 is 20.3 Å². The van der Waals surface area contributed by atoms with Crippen LogP contribution in [-0.2, 0) is 14.8 Å². The molecule has 0 unspecified atom stereocenters. The number of aromatic amines is 1. The van der Waals surface area contributed by atoms with E-state index in [2.05, 4.69) is 60.3 Å². The van der Waals surface area contributed by atoms with Crippen LogP contribution in [0.15, 0.2) is 59.8 Å². The third-order valence-corrected chi connectivity index (χ3v) is 9.35. The Labute approximate surface area is 240 Å². The maximum absolute atomic E-state index is 12.6. The molecule has 0 atom stereocenters. The number of sulfonamides is 1. The lowest BCUT2D eigenvalue weighted by Gasteiger charge is -2.29. The van der Waals surface area contributed by atoms with Crippen molar-refractivity contribution in [2.45, 2.75) is 43.5 Å². The Hall–Kier alpha value is -3.74. The Balaban J connectivity index is 1.08. The van der Waals surface area contributed by atoms with Crippen molar-refractivity contribution in [1.29, 1.82) is 0 Å². The number of ether oxygens (including phenoxy) is 1. The highest BCUT2D eigenvalue weighted by molar-refractivity contribution is 7.89. The number of hydrogen-bond acceptors (Lipinski definition) is 9. The van der Waals surface area contributed by atoms with Crippen LogP contribution in [0.3, 0.4) is 0 Å². The highest BCUT2D eigenvalue weighted by atomic mass is 32.2. The molecule has 0 bridgehead atoms. The molecule has 3 heterocycles. The van der Waals surface area contributed by atoms with Gasteiger partial charge >= 0.3 is 0 Å². The lowest BCUT2D eigenvalue weighted by Crippen LogP contribution is -2.36. The number of anilines is 4. The van der Waals surface area contributed by atoms with E-state index < -0.39 is 10.0 Å². The van der Waals surface area contributed by atoms with Crippen molar-refractivity contribution in [3.05, 3.63) is 60.4 Å². The number of morpholine rings is 1. The van der Waals surface area contributed by atoms with Crippen molar-refractivity contribution in [1.82, 2.24) is 24.7 Å². The van der Waals surface area contributed by atoms with E-state index in [9.17, 15) is 8.42 Å². The first-order valence-corrected chi connectivity index (χ1v) is 15.7. The average Bonchev–Trinajstić information content (AvgIpc) is 3.48. The summed E-state index contributed by atoms with van der Waals surface area (Å²) >= 11 is 0. The van der Waals surface area contributed by atoms with Crippen LogP contribution in [0.1, 0.15) is 31.2 Å². The Morgan fingerprint density at radius 3 is 2.56 bits per heavy atom. The molecule has 2 aromatic carbocycles. The molecule has 41 heavy (non-hydrogen) atoms. The molecule has 11 nitrogen and oxygen atoms in total. The fourth-order valence-electron chi connectivity index (χ4n) is 5.53. The number of aryl methyl sites for hydroxylation is 1. The summed E-state index contributed by atoms with van der Waals surface area (Å²) in [5, 5.41) is 6.99. The van der Waals surface area contributed by atoms with Crippen molar-refractivity contribution in [2.75, 3.05) is 48.4 Å². The maximum atomic E-state index is 12.6. The number of nitrogens with one attached hydrogen (secondary N) is 4. The number of nitrogens with zero attached hydrogens (tertiary/aromatic N) is 4. The third-order valence-electron chi connectivity index (χ3n) is 7.91. The smallest absolute Gasteiger partial charge is 0.240 e. The second-order valence-corrected chi connectivity index (χ2v) is 12.5. The Bertz CT molecular complexity index is 1580. The average molecular weight is 577 g/mol. The van der Waals surface area contributed by atoms with E-state index in [1.807, 2.05) is 6.07 Å². The largest absolute Gasteiger partial charge is 0.378 e. The molecule has 1 aliphatic heterocycles. The van der Waals surface area contributed by atoms with E-state index in [-0.39, 0.29) is 6.04 Å². The summed E-state index contributed by atoms with van der Waals surface area (Å²) < 4.78 is 33.5. The minimum atomic E-state index is -3.49. The Morgan fingerprint density at radius 2 is 1.80 bits per heavy atom. The first-order chi connectivity index (χ1) is 19.9. The summed E-state index contributed by atoms with van der Waals surface area (Å²) in [6.07, 6.45) is 5.30. The van der Waals surface area contributed by atoms with Crippen LogP contribution in [0.4, 0.5) is 23.1 Å². The lowest BCUT2D eigenvalue weighted by atomic mass is 9.86. The molecule has 4 N–H and O–H groups in total. The minimum Gasteiger partial charge on any atom is -0.378 e. The zero-order valence-electron chi connectivity index (χ0n) is 23.1. The second kappa shape index (κ2) is 12.0. The van der Waals surface area contributed by atoms with Gasteiger partial charge in [-0.15, -0.1) is 0 Å². The highest BCUT2D eigenvalue weighted by Crippen LogP contribution is 2.30. The fourth-order valence-corrected chi connectivity index (χ4v) is 6.67. The first kappa shape index (κ1) is 27.4. The van der Waals surface area contributed by atoms with Crippen LogP contribution in [0.2, 0.25) is 0 Å². The van der Waals surface area contributed by atoms with Crippen molar-refractivity contribution in [2.24, 2.45) is 5.92 Å². The third kappa shape index (κ3) is 6.45. The number of H-pyrrole nitrogens is 1. The van der Waals surface area contributed by atoms with E-state index >= 15 is 0 Å². The summed E-state index contributed by atoms with van der Waals surface area (Å²) in [6, 6.07) is 15.1. The molecular formula is C29H36N8O3S. The summed E-state index contributed by atoms with van der Waals surface area (Å²) in [5.74, 6) is 1.48. The molecule has 0 amide bonds. The molecule has 4 aromatic rings. The standard InChI is InChI=1S/C29H36N8O3S/c1-20-17-23(37-13-15-40-16-14-37)11-12-25(20)34-29-35-27-26(30-19-31-27)28(36-29)33-22-9-7-21(8-10-22)18-32-41(38,39)24-5-3-2-4-6-24/h2-6,11-12,17,19,21-22,32H,7-10,13-16,18H2,1H3,(H3,30,31,33,34,35,36)/t21-,22-. The molecular weight excluding hydrogens is 540 g/mol. The number of imidazole rings is 1. The van der Waals surface area contributed by atoms with E-state index in [0.717, 1.165) is 63.2 Å². The number of fused-ring (bicyclic) bond motifs is 1. The Morgan fingerprint density at radius 1 is 1.02 bits per heavy atom. The predicted molar refractivity (Wildman–Crippen MR) is 160 cm³/mol. The zero-order valence-corrected chi connectivity index (χ0v) is 24.0. The molecule has 2 aliphatic rings. The van der Waals surface area contributed by atoms with Gasteiger partial charge in [0.2, 0.25) is 16.0 Å². The Kier molecular flexibility index (Phi) is 8.04. The molecule has 0 spiro atoms. The van der Waals surface area contributed by atoms with Gasteiger partial charge in [-0.2, -0.15) is 9.97 Å². The fraction of sp³-hybridized carbons (Fsp3) is 0.414. The number of hydrogen-bond donors (Lipinski definition) is 4. The second-order valence-electron chi connectivity index (χ2n) is 10.7. The number of benzene rings is 2. The van der Waals surface area contributed by atoms with Crippen LogP contribution >= 0.6 is 0 Å². The molecule has 1 aliphatic carbocycles. The van der Waals surface area contributed by atoms with Crippen LogP contribution in [0.5, 0.6) is 0 Å². The van der Waals surface area contributed by atoms with Crippen molar-refractivity contribution in [3.63, 3.8) is 0 Å². The monoisotopic (exact) mass is 576 g/mol. The van der Waals surface area contributed by atoms with Gasteiger partial charge in [-0.3, -0.25) is 0 Å². The van der Waals surface area contributed by atoms with E-state index in [4.69, 9.17) is 9.72 Å². The van der Waals surface area contributed by atoms with Gasteiger partial charge in [0.15, 0.2) is 11.5 Å².